The lowest BCUT2D eigenvalue weighted by atomic mass is 10.0. The summed E-state index contributed by atoms with van der Waals surface area (Å²) >= 11 is 0. The number of nitrogens with one attached hydrogen (secondary N) is 3. The first-order valence-corrected chi connectivity index (χ1v) is 9.42. The first-order chi connectivity index (χ1) is 12.8. The summed E-state index contributed by atoms with van der Waals surface area (Å²) in [7, 11) is 0. The van der Waals surface area contributed by atoms with Gasteiger partial charge in [-0.1, -0.05) is 13.8 Å². The van der Waals surface area contributed by atoms with Crippen LogP contribution in [0.15, 0.2) is 0 Å². The molecule has 3 atom stereocenters. The van der Waals surface area contributed by atoms with Gasteiger partial charge in [0, 0.05) is 6.54 Å². The Hall–Kier alpha value is -2.36. The Balaban J connectivity index is 2.69. The molecule has 0 spiro atoms. The Morgan fingerprint density at radius 3 is 2.25 bits per heavy atom. The summed E-state index contributed by atoms with van der Waals surface area (Å²) in [4.78, 5) is 48.2. The van der Waals surface area contributed by atoms with Gasteiger partial charge in [0.05, 0.1) is 0 Å². The smallest absolute Gasteiger partial charge is 0.408 e. The molecule has 0 bridgehead atoms. The lowest BCUT2D eigenvalue weighted by molar-refractivity contribution is -0.148. The molecule has 3 amide bonds. The number of carbonyl (C=O) groups is 4. The summed E-state index contributed by atoms with van der Waals surface area (Å²) in [5.41, 5.74) is 1.96. The molecule has 10 nitrogen and oxygen atoms in total. The summed E-state index contributed by atoms with van der Waals surface area (Å²) in [5, 5.41) is 15.4. The molecule has 1 rings (SSSR count). The zero-order valence-corrected chi connectivity index (χ0v) is 17.4. The zero-order chi connectivity index (χ0) is 21.6. The number of ether oxygens (including phenoxy) is 1. The molecule has 160 valence electrons. The van der Waals surface area contributed by atoms with Crippen molar-refractivity contribution in [3.63, 3.8) is 0 Å². The van der Waals surface area contributed by atoms with Gasteiger partial charge in [-0.15, -0.1) is 0 Å². The van der Waals surface area contributed by atoms with Crippen LogP contribution in [0.4, 0.5) is 4.79 Å². The summed E-state index contributed by atoms with van der Waals surface area (Å²) < 4.78 is 5.18. The molecule has 1 fully saturated rings. The first-order valence-electron chi connectivity index (χ1n) is 9.42. The van der Waals surface area contributed by atoms with E-state index >= 15 is 0 Å². The van der Waals surface area contributed by atoms with Crippen LogP contribution in [0.2, 0.25) is 0 Å². The molecule has 0 radical (unpaired) electrons. The second-order valence-electron chi connectivity index (χ2n) is 8.25. The van der Waals surface area contributed by atoms with Crippen molar-refractivity contribution in [1.29, 1.82) is 0 Å². The quantitative estimate of drug-likeness (QED) is 0.513. The third-order valence-electron chi connectivity index (χ3n) is 4.10. The van der Waals surface area contributed by atoms with Gasteiger partial charge in [-0.25, -0.2) is 10.2 Å². The van der Waals surface area contributed by atoms with E-state index in [2.05, 4.69) is 16.1 Å². The summed E-state index contributed by atoms with van der Waals surface area (Å²) in [6.07, 6.45) is 0.252. The van der Waals surface area contributed by atoms with Crippen molar-refractivity contribution in [3.8, 4) is 0 Å². The van der Waals surface area contributed by atoms with Gasteiger partial charge in [0.25, 0.3) is 5.91 Å². The lowest BCUT2D eigenvalue weighted by Gasteiger charge is -2.34. The molecule has 2 unspecified atom stereocenters. The summed E-state index contributed by atoms with van der Waals surface area (Å²) in [6.45, 7) is 10.5. The molecule has 1 heterocycles. The van der Waals surface area contributed by atoms with Crippen LogP contribution >= 0.6 is 0 Å². The molecule has 0 aromatic heterocycles. The first kappa shape index (κ1) is 23.7. The van der Waals surface area contributed by atoms with Gasteiger partial charge >= 0.3 is 12.1 Å². The highest BCUT2D eigenvalue weighted by molar-refractivity contribution is 5.91. The number of carbonyl (C=O) groups excluding carboxylic acids is 3. The molecule has 10 heteroatoms. The van der Waals surface area contributed by atoms with Gasteiger partial charge in [0.2, 0.25) is 5.91 Å². The van der Waals surface area contributed by atoms with Crippen LogP contribution in [-0.2, 0) is 19.1 Å². The maximum Gasteiger partial charge on any atom is 0.408 e. The maximum atomic E-state index is 12.6. The normalized spacial score (nSPS) is 19.5. The van der Waals surface area contributed by atoms with Gasteiger partial charge in [-0.05, 0) is 46.5 Å². The Kier molecular flexibility index (Phi) is 8.22. The van der Waals surface area contributed by atoms with Gasteiger partial charge in [0.15, 0.2) is 0 Å². The van der Waals surface area contributed by atoms with Crippen molar-refractivity contribution in [1.82, 2.24) is 21.1 Å². The van der Waals surface area contributed by atoms with Crippen molar-refractivity contribution in [2.75, 3.05) is 6.54 Å². The highest BCUT2D eigenvalue weighted by Gasteiger charge is 2.33. The number of hydrogen-bond acceptors (Lipinski definition) is 6. The number of carboxylic acids is 1. The highest BCUT2D eigenvalue weighted by atomic mass is 16.6. The maximum absolute atomic E-state index is 12.6. The Labute approximate surface area is 165 Å². The van der Waals surface area contributed by atoms with E-state index in [-0.39, 0.29) is 5.92 Å². The molecular weight excluding hydrogens is 368 g/mol. The molecule has 1 aliphatic heterocycles. The highest BCUT2D eigenvalue weighted by Crippen LogP contribution is 2.11. The zero-order valence-electron chi connectivity index (χ0n) is 17.4. The van der Waals surface area contributed by atoms with E-state index in [0.717, 1.165) is 0 Å². The molecule has 28 heavy (non-hydrogen) atoms. The van der Waals surface area contributed by atoms with Crippen molar-refractivity contribution in [3.05, 3.63) is 0 Å². The standard InChI is InChI=1S/C18H32N4O6/c1-10(2)13(20-17(27)28-18(4,5)6)14(23)19-11(3)15(24)22-9-7-8-12(21-22)16(25)26/h10-13,21H,7-9H2,1-6H3,(H,19,23)(H,20,27)(H,25,26)/t11?,12-,13?/m0/s1. The van der Waals surface area contributed by atoms with E-state index in [9.17, 15) is 19.2 Å². The van der Waals surface area contributed by atoms with Gasteiger partial charge in [0.1, 0.15) is 23.7 Å². The fourth-order valence-corrected chi connectivity index (χ4v) is 2.69. The van der Waals surface area contributed by atoms with E-state index in [1.807, 2.05) is 0 Å². The van der Waals surface area contributed by atoms with Crippen LogP contribution in [0.5, 0.6) is 0 Å². The molecule has 0 aromatic carbocycles. The van der Waals surface area contributed by atoms with Crippen molar-refractivity contribution >= 4 is 23.9 Å². The molecular formula is C18H32N4O6. The summed E-state index contributed by atoms with van der Waals surface area (Å²) in [6, 6.07) is -2.61. The number of alkyl carbamates (subject to hydrolysis) is 1. The molecule has 0 aliphatic carbocycles. The average molecular weight is 400 g/mol. The third-order valence-corrected chi connectivity index (χ3v) is 4.10. The molecule has 1 saturated heterocycles. The van der Waals surface area contributed by atoms with Crippen LogP contribution in [0.25, 0.3) is 0 Å². The van der Waals surface area contributed by atoms with Crippen molar-refractivity contribution < 1.29 is 29.0 Å². The number of amides is 3. The summed E-state index contributed by atoms with van der Waals surface area (Å²) in [5.74, 6) is -2.23. The van der Waals surface area contributed by atoms with Crippen LogP contribution in [0, 0.1) is 5.92 Å². The number of hydrazine groups is 1. The van der Waals surface area contributed by atoms with E-state index in [1.54, 1.807) is 34.6 Å². The minimum absolute atomic E-state index is 0.237. The van der Waals surface area contributed by atoms with E-state index in [4.69, 9.17) is 9.84 Å². The van der Waals surface area contributed by atoms with E-state index < -0.39 is 47.6 Å². The fraction of sp³-hybridized carbons (Fsp3) is 0.778. The Morgan fingerprint density at radius 1 is 1.14 bits per heavy atom. The molecule has 0 saturated carbocycles. The van der Waals surface area contributed by atoms with Crippen LogP contribution in [-0.4, -0.2) is 64.3 Å². The molecule has 4 N–H and O–H groups in total. The van der Waals surface area contributed by atoms with E-state index in [1.165, 1.54) is 11.9 Å². The molecule has 1 aliphatic rings. The van der Waals surface area contributed by atoms with Crippen LogP contribution < -0.4 is 16.1 Å². The second-order valence-corrected chi connectivity index (χ2v) is 8.25. The average Bonchev–Trinajstić information content (AvgIpc) is 2.57. The number of rotatable bonds is 6. The third kappa shape index (κ3) is 7.34. The molecule has 0 aromatic rings. The number of hydrogen-bond donors (Lipinski definition) is 4. The van der Waals surface area contributed by atoms with Gasteiger partial charge < -0.3 is 20.5 Å². The minimum Gasteiger partial charge on any atom is -0.480 e. The number of aliphatic carboxylic acids is 1. The van der Waals surface area contributed by atoms with Crippen LogP contribution in [0.3, 0.4) is 0 Å². The Bertz CT molecular complexity index is 601. The predicted molar refractivity (Wildman–Crippen MR) is 101 cm³/mol. The second kappa shape index (κ2) is 9.72. The minimum atomic E-state index is -1.03. The van der Waals surface area contributed by atoms with Crippen LogP contribution in [0.1, 0.15) is 54.4 Å². The lowest BCUT2D eigenvalue weighted by Crippen LogP contribution is -2.60. The predicted octanol–water partition coefficient (Wildman–Crippen LogP) is 0.621. The van der Waals surface area contributed by atoms with E-state index in [0.29, 0.717) is 19.4 Å². The largest absolute Gasteiger partial charge is 0.480 e. The van der Waals surface area contributed by atoms with Crippen molar-refractivity contribution in [2.24, 2.45) is 5.92 Å². The monoisotopic (exact) mass is 400 g/mol. The number of nitrogens with zero attached hydrogens (tertiary/aromatic N) is 1. The van der Waals surface area contributed by atoms with Gasteiger partial charge in [-0.2, -0.15) is 0 Å². The van der Waals surface area contributed by atoms with Crippen molar-refractivity contribution in [2.45, 2.75) is 78.1 Å². The SMILES string of the molecule is CC(NC(=O)C(NC(=O)OC(C)(C)C)C(C)C)C(=O)N1CCC[C@@H](C(=O)O)N1. The number of carboxylic acid groups (broad SMARTS) is 1. The Morgan fingerprint density at radius 2 is 1.75 bits per heavy atom. The topological polar surface area (TPSA) is 137 Å². The van der Waals surface area contributed by atoms with Gasteiger partial charge in [-0.3, -0.25) is 19.4 Å². The fourth-order valence-electron chi connectivity index (χ4n) is 2.69.